The third-order valence-corrected chi connectivity index (χ3v) is 4.35. The van der Waals surface area contributed by atoms with E-state index in [1.54, 1.807) is 6.21 Å². The molecule has 0 spiro atoms. The third-order valence-electron chi connectivity index (χ3n) is 4.35. The molecule has 0 aromatic heterocycles. The van der Waals surface area contributed by atoms with E-state index in [0.717, 1.165) is 10.5 Å². The van der Waals surface area contributed by atoms with E-state index in [4.69, 9.17) is 21.1 Å². The maximum absolute atomic E-state index is 9.83. The lowest BCUT2D eigenvalue weighted by molar-refractivity contribution is -0.134. The first-order valence-electron chi connectivity index (χ1n) is 9.64. The number of allylic oxidation sites excluding steroid dienone is 1. The Balaban J connectivity index is 0.000000537. The lowest BCUT2D eigenvalue weighted by atomic mass is 9.94. The van der Waals surface area contributed by atoms with Crippen LogP contribution in [0.25, 0.3) is 0 Å². The summed E-state index contributed by atoms with van der Waals surface area (Å²) in [6.07, 6.45) is 11.1. The first kappa shape index (κ1) is 27.5. The summed E-state index contributed by atoms with van der Waals surface area (Å²) in [4.78, 5) is 35.9. The highest BCUT2D eigenvalue weighted by Gasteiger charge is 2.18. The predicted molar refractivity (Wildman–Crippen MR) is 116 cm³/mol. The molecule has 2 rings (SSSR count). The first-order valence-corrected chi connectivity index (χ1v) is 9.64. The fourth-order valence-electron chi connectivity index (χ4n) is 2.66. The normalized spacial score (nSPS) is 17.3. The van der Waals surface area contributed by atoms with Crippen LogP contribution in [0.1, 0.15) is 38.5 Å². The molecule has 0 unspecified atom stereocenters. The summed E-state index contributed by atoms with van der Waals surface area (Å²) in [7, 11) is 5.03. The molecular formula is C20H32N4O7. The molecule has 1 saturated carbocycles. The van der Waals surface area contributed by atoms with E-state index in [1.165, 1.54) is 46.2 Å². The summed E-state index contributed by atoms with van der Waals surface area (Å²) in [6.45, 7) is 0. The minimum atomic E-state index is -1.26. The topological polar surface area (TPSA) is 177 Å². The van der Waals surface area contributed by atoms with Crippen LogP contribution in [-0.2, 0) is 9.59 Å². The molecule has 0 radical (unpaired) electrons. The number of amides is 1. The summed E-state index contributed by atoms with van der Waals surface area (Å²) in [5.41, 5.74) is 6.46. The molecule has 0 bridgehead atoms. The van der Waals surface area contributed by atoms with E-state index in [1.807, 2.05) is 6.20 Å². The van der Waals surface area contributed by atoms with Gasteiger partial charge in [0.05, 0.1) is 0 Å². The van der Waals surface area contributed by atoms with Gasteiger partial charge in [-0.2, -0.15) is 0 Å². The molecule has 1 amide bonds. The number of carboxylic acid groups (broad SMARTS) is 3. The average Bonchev–Trinajstić information content (AvgIpc) is 2.71. The van der Waals surface area contributed by atoms with Gasteiger partial charge >= 0.3 is 18.0 Å². The molecule has 11 heteroatoms. The van der Waals surface area contributed by atoms with Crippen LogP contribution in [0.4, 0.5) is 4.79 Å². The number of carboxylic acids is 2. The third kappa shape index (κ3) is 12.6. The fourth-order valence-corrected chi connectivity index (χ4v) is 2.66. The molecule has 31 heavy (non-hydrogen) atoms. The molecule has 1 aliphatic carbocycles. The Morgan fingerprint density at radius 2 is 1.52 bits per heavy atom. The quantitative estimate of drug-likeness (QED) is 0.410. The van der Waals surface area contributed by atoms with Crippen LogP contribution in [0.15, 0.2) is 40.5 Å². The van der Waals surface area contributed by atoms with E-state index in [0.29, 0.717) is 24.6 Å². The largest absolute Gasteiger partial charge is 0.504 e. The second-order valence-corrected chi connectivity index (χ2v) is 7.05. The number of hydrogen-bond donors (Lipinski definition) is 5. The van der Waals surface area contributed by atoms with Crippen molar-refractivity contribution >= 4 is 24.2 Å². The van der Waals surface area contributed by atoms with Crippen molar-refractivity contribution in [1.82, 2.24) is 9.80 Å². The van der Waals surface area contributed by atoms with Crippen molar-refractivity contribution in [2.75, 3.05) is 21.1 Å². The van der Waals surface area contributed by atoms with Crippen LogP contribution < -0.4 is 5.73 Å². The minimum absolute atomic E-state index is 0.134. The Morgan fingerprint density at radius 1 is 1.03 bits per heavy atom. The van der Waals surface area contributed by atoms with Gasteiger partial charge in [-0.3, -0.25) is 0 Å². The van der Waals surface area contributed by atoms with Gasteiger partial charge < -0.3 is 36.0 Å². The molecule has 6 N–H and O–H groups in total. The zero-order valence-electron chi connectivity index (χ0n) is 18.1. The van der Waals surface area contributed by atoms with Crippen molar-refractivity contribution in [2.24, 2.45) is 10.7 Å². The number of rotatable bonds is 4. The highest BCUT2D eigenvalue weighted by atomic mass is 16.4. The minimum Gasteiger partial charge on any atom is -0.504 e. The molecule has 2 aliphatic rings. The Labute approximate surface area is 181 Å². The van der Waals surface area contributed by atoms with E-state index in [2.05, 4.69) is 16.9 Å². The second-order valence-electron chi connectivity index (χ2n) is 7.05. The molecule has 0 aromatic carbocycles. The molecule has 1 fully saturated rings. The number of aliphatic hydroxyl groups excluding tert-OH is 1. The summed E-state index contributed by atoms with van der Waals surface area (Å²) in [5.74, 6) is -2.16. The van der Waals surface area contributed by atoms with Gasteiger partial charge in [0.1, 0.15) is 0 Å². The number of aliphatic imine (C=N–C) groups is 1. The van der Waals surface area contributed by atoms with Crippen molar-refractivity contribution in [3.05, 3.63) is 35.5 Å². The number of aliphatic hydroxyl groups is 1. The van der Waals surface area contributed by atoms with Crippen molar-refractivity contribution in [2.45, 2.75) is 44.6 Å². The molecular weight excluding hydrogens is 408 g/mol. The number of carbonyl (C=O) groups is 3. The molecule has 11 nitrogen and oxygen atoms in total. The molecule has 174 valence electrons. The van der Waals surface area contributed by atoms with Crippen LogP contribution in [0, 0.1) is 0 Å². The number of hydrogen-bond acceptors (Lipinski definition) is 7. The number of nitrogens with zero attached hydrogens (tertiary/aromatic N) is 3. The van der Waals surface area contributed by atoms with E-state index in [-0.39, 0.29) is 11.6 Å². The molecule has 1 heterocycles. The van der Waals surface area contributed by atoms with Crippen molar-refractivity contribution in [3.8, 4) is 0 Å². The average molecular weight is 440 g/mol. The highest BCUT2D eigenvalue weighted by Crippen LogP contribution is 2.24. The van der Waals surface area contributed by atoms with Gasteiger partial charge in [-0.15, -0.1) is 0 Å². The second kappa shape index (κ2) is 14.5. The van der Waals surface area contributed by atoms with Gasteiger partial charge in [-0.05, 0) is 12.8 Å². The van der Waals surface area contributed by atoms with Gasteiger partial charge in [0.25, 0.3) is 0 Å². The van der Waals surface area contributed by atoms with Crippen LogP contribution >= 0.6 is 0 Å². The van der Waals surface area contributed by atoms with Crippen LogP contribution in [0.3, 0.4) is 0 Å². The van der Waals surface area contributed by atoms with E-state index in [9.17, 15) is 19.5 Å². The SMILES string of the molecule is CN(C)C(=O)O.CN(C=C1CC=NC(N)=C1O)C1CCCCC1.O=C(O)/C=C\C(=O)O. The Bertz CT molecular complexity index is 720. The zero-order chi connectivity index (χ0) is 24.0. The van der Waals surface area contributed by atoms with Gasteiger partial charge in [0.2, 0.25) is 0 Å². The first-order chi connectivity index (χ1) is 14.5. The smallest absolute Gasteiger partial charge is 0.406 e. The van der Waals surface area contributed by atoms with E-state index >= 15 is 0 Å². The standard InChI is InChI=1S/C13H21N3O.C4H4O4.C3H7NO2/c1-16(11-5-3-2-4-6-11)9-10-7-8-15-13(14)12(10)17;5-3(6)1-2-4(7)8;1-4(2)3(5)6/h8-9,11,17H,2-7,14H2,1H3;1-2H,(H,5,6)(H,7,8);1-2H3,(H,5,6)/b;2-1-;. The predicted octanol–water partition coefficient (Wildman–Crippen LogP) is 2.23. The monoisotopic (exact) mass is 440 g/mol. The Hall–Kier alpha value is -3.50. The Kier molecular flexibility index (Phi) is 12.8. The maximum atomic E-state index is 9.83. The maximum Gasteiger partial charge on any atom is 0.406 e. The summed E-state index contributed by atoms with van der Waals surface area (Å²) in [6, 6.07) is 0.601. The summed E-state index contributed by atoms with van der Waals surface area (Å²) >= 11 is 0. The van der Waals surface area contributed by atoms with Crippen molar-refractivity contribution < 1.29 is 34.8 Å². The molecule has 1 aliphatic heterocycles. The van der Waals surface area contributed by atoms with Crippen molar-refractivity contribution in [3.63, 3.8) is 0 Å². The van der Waals surface area contributed by atoms with Gasteiger partial charge in [0, 0.05) is 63.7 Å². The van der Waals surface area contributed by atoms with E-state index < -0.39 is 18.0 Å². The van der Waals surface area contributed by atoms with Gasteiger partial charge in [-0.25, -0.2) is 19.4 Å². The van der Waals surface area contributed by atoms with Crippen LogP contribution in [0.5, 0.6) is 0 Å². The molecule has 0 aromatic rings. The lowest BCUT2D eigenvalue weighted by Crippen LogP contribution is -2.29. The highest BCUT2D eigenvalue weighted by molar-refractivity contribution is 5.89. The van der Waals surface area contributed by atoms with Crippen molar-refractivity contribution in [1.29, 1.82) is 0 Å². The fraction of sp³-hybridized carbons (Fsp3) is 0.500. The zero-order valence-corrected chi connectivity index (χ0v) is 18.1. The van der Waals surface area contributed by atoms with Crippen LogP contribution in [0.2, 0.25) is 0 Å². The lowest BCUT2D eigenvalue weighted by Gasteiger charge is -2.31. The van der Waals surface area contributed by atoms with Crippen LogP contribution in [-0.4, -0.2) is 81.7 Å². The summed E-state index contributed by atoms with van der Waals surface area (Å²) < 4.78 is 0. The van der Waals surface area contributed by atoms with Gasteiger partial charge in [0.15, 0.2) is 11.6 Å². The summed E-state index contributed by atoms with van der Waals surface area (Å²) in [5, 5.41) is 33.4. The number of nitrogens with two attached hydrogens (primary N) is 1. The molecule has 0 atom stereocenters. The Morgan fingerprint density at radius 3 is 1.94 bits per heavy atom. The van der Waals surface area contributed by atoms with Gasteiger partial charge in [-0.1, -0.05) is 19.3 Å². The number of aliphatic carboxylic acids is 2. The molecule has 0 saturated heterocycles.